The quantitative estimate of drug-likeness (QED) is 0.903. The van der Waals surface area contributed by atoms with Crippen molar-refractivity contribution in [1.29, 1.82) is 0 Å². The van der Waals surface area contributed by atoms with E-state index in [1.165, 1.54) is 16.4 Å². The van der Waals surface area contributed by atoms with E-state index in [1.807, 2.05) is 30.3 Å². The van der Waals surface area contributed by atoms with E-state index in [2.05, 4.69) is 14.7 Å². The summed E-state index contributed by atoms with van der Waals surface area (Å²) in [7, 11) is 0. The topological polar surface area (TPSA) is 41.0 Å². The Kier molecular flexibility index (Phi) is 4.82. The Hall–Kier alpha value is -1.67. The van der Waals surface area contributed by atoms with Crippen LogP contribution in [0.3, 0.4) is 0 Å². The van der Waals surface area contributed by atoms with Gasteiger partial charge in [0.15, 0.2) is 5.82 Å². The molecule has 8 heteroatoms. The van der Waals surface area contributed by atoms with Gasteiger partial charge in [0.05, 0.1) is 6.54 Å². The summed E-state index contributed by atoms with van der Waals surface area (Å²) in [6, 6.07) is 9.67. The molecule has 0 aliphatic carbocycles. The summed E-state index contributed by atoms with van der Waals surface area (Å²) < 4.78 is 41.4. The predicted octanol–water partition coefficient (Wildman–Crippen LogP) is 3.50. The van der Waals surface area contributed by atoms with Gasteiger partial charge in [0.1, 0.15) is 0 Å². The molecule has 124 valence electrons. The van der Waals surface area contributed by atoms with E-state index in [4.69, 9.17) is 0 Å². The maximum absolute atomic E-state index is 12.4. The second-order valence-electron chi connectivity index (χ2n) is 5.68. The molecule has 0 amide bonds. The van der Waals surface area contributed by atoms with Gasteiger partial charge in [-0.2, -0.15) is 22.5 Å². The lowest BCUT2D eigenvalue weighted by atomic mass is 10.1. The van der Waals surface area contributed by atoms with Gasteiger partial charge in [-0.3, -0.25) is 4.90 Å². The predicted molar refractivity (Wildman–Crippen MR) is 84.4 cm³/mol. The highest BCUT2D eigenvalue weighted by atomic mass is 32.1. The highest BCUT2D eigenvalue weighted by Crippen LogP contribution is 2.24. The lowest BCUT2D eigenvalue weighted by Crippen LogP contribution is -2.33. The molecule has 4 nitrogen and oxygen atoms in total. The average molecular weight is 342 g/mol. The Morgan fingerprint density at radius 2 is 2.04 bits per heavy atom. The zero-order valence-corrected chi connectivity index (χ0v) is 13.2. The first kappa shape index (κ1) is 16.2. The van der Waals surface area contributed by atoms with Crippen LogP contribution in [0.2, 0.25) is 0 Å². The van der Waals surface area contributed by atoms with Crippen molar-refractivity contribution in [3.63, 3.8) is 0 Å². The first-order valence-electron chi connectivity index (χ1n) is 7.42. The zero-order chi connectivity index (χ0) is 16.3. The number of hydrogen-bond acceptors (Lipinski definition) is 5. The standard InChI is InChI=1S/C15H17F3N4S/c16-15(17,18)10-22-7-6-11(9-22)8-19-14-20-13(21-23-14)12-4-2-1-3-5-12/h1-5,11H,6-10H2,(H,19,20,21). The fourth-order valence-electron chi connectivity index (χ4n) is 2.71. The molecule has 2 heterocycles. The third-order valence-electron chi connectivity index (χ3n) is 3.77. The molecule has 1 fully saturated rings. The normalized spacial score (nSPS) is 19.2. The Bertz CT molecular complexity index is 629. The Morgan fingerprint density at radius 3 is 2.78 bits per heavy atom. The van der Waals surface area contributed by atoms with Gasteiger partial charge in [0.2, 0.25) is 5.13 Å². The van der Waals surface area contributed by atoms with E-state index in [9.17, 15) is 13.2 Å². The van der Waals surface area contributed by atoms with Crippen LogP contribution in [0.25, 0.3) is 11.4 Å². The second kappa shape index (κ2) is 6.84. The summed E-state index contributed by atoms with van der Waals surface area (Å²) in [5, 5.41) is 3.90. The van der Waals surface area contributed by atoms with Crippen LogP contribution in [-0.2, 0) is 0 Å². The summed E-state index contributed by atoms with van der Waals surface area (Å²) in [6.45, 7) is 0.770. The van der Waals surface area contributed by atoms with Crippen molar-refractivity contribution in [2.75, 3.05) is 31.5 Å². The van der Waals surface area contributed by atoms with Crippen LogP contribution in [0.15, 0.2) is 30.3 Å². The third kappa shape index (κ3) is 4.65. The molecule has 1 aromatic carbocycles. The summed E-state index contributed by atoms with van der Waals surface area (Å²) >= 11 is 1.27. The van der Waals surface area contributed by atoms with Crippen molar-refractivity contribution in [3.8, 4) is 11.4 Å². The maximum Gasteiger partial charge on any atom is 0.401 e. The van der Waals surface area contributed by atoms with Gasteiger partial charge in [-0.25, -0.2) is 0 Å². The van der Waals surface area contributed by atoms with Gasteiger partial charge in [-0.05, 0) is 18.9 Å². The first-order chi connectivity index (χ1) is 11.0. The van der Waals surface area contributed by atoms with Crippen molar-refractivity contribution < 1.29 is 13.2 Å². The van der Waals surface area contributed by atoms with Gasteiger partial charge in [-0.15, -0.1) is 0 Å². The molecule has 1 N–H and O–H groups in total. The molecular formula is C15H17F3N4S. The van der Waals surface area contributed by atoms with E-state index in [0.717, 1.165) is 12.0 Å². The molecule has 1 unspecified atom stereocenters. The van der Waals surface area contributed by atoms with Crippen LogP contribution in [0.1, 0.15) is 6.42 Å². The van der Waals surface area contributed by atoms with Gasteiger partial charge in [0, 0.05) is 30.2 Å². The smallest absolute Gasteiger partial charge is 0.360 e. The third-order valence-corrected chi connectivity index (χ3v) is 4.45. The summed E-state index contributed by atoms with van der Waals surface area (Å²) in [5.74, 6) is 0.879. The fourth-order valence-corrected chi connectivity index (χ4v) is 3.30. The molecule has 2 aromatic rings. The number of hydrogen-bond donors (Lipinski definition) is 1. The number of halogens is 3. The van der Waals surface area contributed by atoms with Crippen LogP contribution < -0.4 is 5.32 Å². The average Bonchev–Trinajstić information content (AvgIpc) is 3.13. The van der Waals surface area contributed by atoms with E-state index >= 15 is 0 Å². The lowest BCUT2D eigenvalue weighted by Gasteiger charge is -2.17. The molecule has 1 aromatic heterocycles. The molecule has 0 saturated carbocycles. The van der Waals surface area contributed by atoms with Crippen molar-refractivity contribution in [2.24, 2.45) is 5.92 Å². The minimum absolute atomic E-state index is 0.210. The highest BCUT2D eigenvalue weighted by Gasteiger charge is 2.34. The maximum atomic E-state index is 12.4. The molecule has 0 bridgehead atoms. The van der Waals surface area contributed by atoms with E-state index in [1.54, 1.807) is 0 Å². The summed E-state index contributed by atoms with van der Waals surface area (Å²) in [4.78, 5) is 5.88. The van der Waals surface area contributed by atoms with Crippen LogP contribution in [0.5, 0.6) is 0 Å². The molecule has 0 radical (unpaired) electrons. The number of benzene rings is 1. The highest BCUT2D eigenvalue weighted by molar-refractivity contribution is 7.09. The summed E-state index contributed by atoms with van der Waals surface area (Å²) in [5.41, 5.74) is 0.953. The van der Waals surface area contributed by atoms with Gasteiger partial charge in [0.25, 0.3) is 0 Å². The molecular weight excluding hydrogens is 325 g/mol. The second-order valence-corrected chi connectivity index (χ2v) is 6.43. The van der Waals surface area contributed by atoms with Crippen LogP contribution in [0.4, 0.5) is 18.3 Å². The van der Waals surface area contributed by atoms with Crippen molar-refractivity contribution in [2.45, 2.75) is 12.6 Å². The molecule has 1 atom stereocenters. The monoisotopic (exact) mass is 342 g/mol. The SMILES string of the molecule is FC(F)(F)CN1CCC(CNc2nc(-c3ccccc3)ns2)C1. The molecule has 1 aliphatic rings. The Morgan fingerprint density at radius 1 is 1.26 bits per heavy atom. The molecule has 0 spiro atoms. The van der Waals surface area contributed by atoms with Crippen molar-refractivity contribution in [3.05, 3.63) is 30.3 Å². The Balaban J connectivity index is 1.49. The zero-order valence-electron chi connectivity index (χ0n) is 12.4. The van der Waals surface area contributed by atoms with Gasteiger partial charge < -0.3 is 5.32 Å². The minimum Gasteiger partial charge on any atom is -0.360 e. The Labute approximate surface area is 136 Å². The minimum atomic E-state index is -4.12. The van der Waals surface area contributed by atoms with Crippen LogP contribution in [0, 0.1) is 5.92 Å². The largest absolute Gasteiger partial charge is 0.401 e. The summed E-state index contributed by atoms with van der Waals surface area (Å²) in [6.07, 6.45) is -3.35. The number of aromatic nitrogens is 2. The number of rotatable bonds is 5. The van der Waals surface area contributed by atoms with E-state index in [-0.39, 0.29) is 5.92 Å². The van der Waals surface area contributed by atoms with Crippen molar-refractivity contribution in [1.82, 2.24) is 14.3 Å². The number of likely N-dealkylation sites (tertiary alicyclic amines) is 1. The van der Waals surface area contributed by atoms with Crippen molar-refractivity contribution >= 4 is 16.7 Å². The molecule has 1 aliphatic heterocycles. The van der Waals surface area contributed by atoms with E-state index in [0.29, 0.717) is 30.6 Å². The molecule has 3 rings (SSSR count). The van der Waals surface area contributed by atoms with Crippen LogP contribution >= 0.6 is 11.5 Å². The van der Waals surface area contributed by atoms with E-state index < -0.39 is 12.7 Å². The number of nitrogens with zero attached hydrogens (tertiary/aromatic N) is 3. The molecule has 1 saturated heterocycles. The van der Waals surface area contributed by atoms with Gasteiger partial charge in [-0.1, -0.05) is 30.3 Å². The fraction of sp³-hybridized carbons (Fsp3) is 0.467. The first-order valence-corrected chi connectivity index (χ1v) is 8.19. The van der Waals surface area contributed by atoms with Gasteiger partial charge >= 0.3 is 6.18 Å². The lowest BCUT2D eigenvalue weighted by molar-refractivity contribution is -0.143. The number of nitrogens with one attached hydrogen (secondary N) is 1. The van der Waals surface area contributed by atoms with Crippen LogP contribution in [-0.4, -0.2) is 46.6 Å². The number of alkyl halides is 3. The number of anilines is 1. The molecule has 23 heavy (non-hydrogen) atoms.